The highest BCUT2D eigenvalue weighted by atomic mass is 32.2. The van der Waals surface area contributed by atoms with Crippen molar-refractivity contribution in [2.24, 2.45) is 0 Å². The van der Waals surface area contributed by atoms with Crippen LogP contribution >= 0.6 is 11.8 Å². The summed E-state index contributed by atoms with van der Waals surface area (Å²) in [5, 5.41) is 2.98. The van der Waals surface area contributed by atoms with Crippen LogP contribution in [-0.2, 0) is 4.79 Å². The van der Waals surface area contributed by atoms with Crippen LogP contribution in [0.25, 0.3) is 0 Å². The molecule has 0 saturated carbocycles. The van der Waals surface area contributed by atoms with Crippen molar-refractivity contribution in [3.8, 4) is 5.75 Å². The van der Waals surface area contributed by atoms with Gasteiger partial charge in [-0.05, 0) is 55.9 Å². The number of amides is 1. The molecule has 1 unspecified atom stereocenters. The Hall–Kier alpha value is -1.94. The molecule has 0 fully saturated rings. The van der Waals surface area contributed by atoms with E-state index < -0.39 is 6.10 Å². The molecule has 2 aromatic carbocycles. The Kier molecular flexibility index (Phi) is 6.11. The molecule has 0 aromatic heterocycles. The first-order valence-electron chi connectivity index (χ1n) is 7.73. The second kappa shape index (κ2) is 8.06. The molecule has 2 aromatic rings. The largest absolute Gasteiger partial charge is 0.480 e. The van der Waals surface area contributed by atoms with Crippen LogP contribution in [0, 0.1) is 13.8 Å². The Balaban J connectivity index is 2.14. The molecule has 23 heavy (non-hydrogen) atoms. The number of hydrogen-bond donors (Lipinski definition) is 1. The van der Waals surface area contributed by atoms with Gasteiger partial charge in [-0.2, -0.15) is 0 Å². The molecule has 4 heteroatoms. The number of thioether (sulfide) groups is 1. The van der Waals surface area contributed by atoms with Gasteiger partial charge in [0.05, 0.1) is 5.69 Å². The minimum absolute atomic E-state index is 0.116. The van der Waals surface area contributed by atoms with Crippen molar-refractivity contribution in [3.05, 3.63) is 53.6 Å². The Morgan fingerprint density at radius 1 is 1.22 bits per heavy atom. The maximum Gasteiger partial charge on any atom is 0.265 e. The van der Waals surface area contributed by atoms with E-state index in [1.54, 1.807) is 11.8 Å². The molecule has 0 spiro atoms. The smallest absolute Gasteiger partial charge is 0.265 e. The maximum atomic E-state index is 12.6. The monoisotopic (exact) mass is 329 g/mol. The summed E-state index contributed by atoms with van der Waals surface area (Å²) in [4.78, 5) is 13.6. The van der Waals surface area contributed by atoms with Gasteiger partial charge in [0.15, 0.2) is 6.10 Å². The van der Waals surface area contributed by atoms with Crippen molar-refractivity contribution in [1.82, 2.24) is 0 Å². The molecule has 1 atom stereocenters. The van der Waals surface area contributed by atoms with E-state index in [4.69, 9.17) is 4.74 Å². The van der Waals surface area contributed by atoms with Crippen LogP contribution in [0.3, 0.4) is 0 Å². The number of carbonyl (C=O) groups excluding carboxylic acids is 1. The molecule has 0 radical (unpaired) electrons. The number of ether oxygens (including phenoxy) is 1. The van der Waals surface area contributed by atoms with Crippen LogP contribution in [0.4, 0.5) is 5.69 Å². The lowest BCUT2D eigenvalue weighted by atomic mass is 10.1. The summed E-state index contributed by atoms with van der Waals surface area (Å²) >= 11 is 1.61. The van der Waals surface area contributed by atoms with Crippen molar-refractivity contribution < 1.29 is 9.53 Å². The van der Waals surface area contributed by atoms with E-state index in [0.717, 1.165) is 27.5 Å². The van der Waals surface area contributed by atoms with E-state index >= 15 is 0 Å². The number of para-hydroxylation sites is 1. The molecule has 3 nitrogen and oxygen atoms in total. The summed E-state index contributed by atoms with van der Waals surface area (Å²) in [5.41, 5.74) is 2.98. The molecule has 0 saturated heterocycles. The van der Waals surface area contributed by atoms with Gasteiger partial charge in [0.25, 0.3) is 5.91 Å². The Labute approximate surface area is 142 Å². The number of benzene rings is 2. The summed E-state index contributed by atoms with van der Waals surface area (Å²) in [7, 11) is 0. The zero-order valence-corrected chi connectivity index (χ0v) is 14.9. The molecule has 0 aliphatic rings. The zero-order chi connectivity index (χ0) is 16.8. The van der Waals surface area contributed by atoms with Gasteiger partial charge in [0, 0.05) is 4.90 Å². The second-order valence-electron chi connectivity index (χ2n) is 5.47. The first-order chi connectivity index (χ1) is 11.0. The van der Waals surface area contributed by atoms with Crippen LogP contribution in [0.2, 0.25) is 0 Å². The van der Waals surface area contributed by atoms with E-state index in [9.17, 15) is 4.79 Å². The van der Waals surface area contributed by atoms with Crippen LogP contribution in [-0.4, -0.2) is 18.3 Å². The Morgan fingerprint density at radius 3 is 2.65 bits per heavy atom. The van der Waals surface area contributed by atoms with Gasteiger partial charge in [-0.25, -0.2) is 0 Å². The van der Waals surface area contributed by atoms with E-state index in [2.05, 4.69) is 5.32 Å². The van der Waals surface area contributed by atoms with Crippen molar-refractivity contribution in [3.63, 3.8) is 0 Å². The topological polar surface area (TPSA) is 38.3 Å². The van der Waals surface area contributed by atoms with Gasteiger partial charge in [0.2, 0.25) is 0 Å². The normalized spacial score (nSPS) is 11.8. The summed E-state index contributed by atoms with van der Waals surface area (Å²) in [5.74, 6) is 0.653. The molecule has 1 amide bonds. The fraction of sp³-hybridized carbons (Fsp3) is 0.316. The lowest BCUT2D eigenvalue weighted by Gasteiger charge is -2.19. The highest BCUT2D eigenvalue weighted by Gasteiger charge is 2.20. The average Bonchev–Trinajstić information content (AvgIpc) is 2.56. The molecular formula is C19H23NO2S. The number of hydrogen-bond acceptors (Lipinski definition) is 3. The Morgan fingerprint density at radius 2 is 1.96 bits per heavy atom. The second-order valence-corrected chi connectivity index (χ2v) is 6.32. The predicted octanol–water partition coefficient (Wildman–Crippen LogP) is 4.82. The zero-order valence-electron chi connectivity index (χ0n) is 14.1. The van der Waals surface area contributed by atoms with Gasteiger partial charge in [0.1, 0.15) is 5.75 Å². The van der Waals surface area contributed by atoms with Gasteiger partial charge < -0.3 is 10.1 Å². The third-order valence-corrected chi connectivity index (χ3v) is 4.44. The summed E-state index contributed by atoms with van der Waals surface area (Å²) in [6.45, 7) is 5.96. The van der Waals surface area contributed by atoms with Crippen molar-refractivity contribution >= 4 is 23.4 Å². The minimum atomic E-state index is -0.509. The van der Waals surface area contributed by atoms with Crippen molar-refractivity contribution in [1.29, 1.82) is 0 Å². The SMILES string of the molecule is CCC(Oc1cc(C)ccc1C)C(=O)Nc1ccccc1SC. The van der Waals surface area contributed by atoms with E-state index in [1.807, 2.05) is 69.5 Å². The summed E-state index contributed by atoms with van der Waals surface area (Å²) in [6.07, 6.45) is 2.10. The number of aryl methyl sites for hydroxylation is 2. The highest BCUT2D eigenvalue weighted by molar-refractivity contribution is 7.98. The fourth-order valence-electron chi connectivity index (χ4n) is 2.27. The van der Waals surface area contributed by atoms with Gasteiger partial charge in [-0.1, -0.05) is 31.2 Å². The van der Waals surface area contributed by atoms with Gasteiger partial charge in [-0.15, -0.1) is 11.8 Å². The first kappa shape index (κ1) is 17.4. The van der Waals surface area contributed by atoms with E-state index in [0.29, 0.717) is 6.42 Å². The minimum Gasteiger partial charge on any atom is -0.480 e. The standard InChI is InChI=1S/C19H23NO2S/c1-5-16(22-17-12-13(2)10-11-14(17)3)19(21)20-15-8-6-7-9-18(15)23-4/h6-12,16H,5H2,1-4H3,(H,20,21). The van der Waals surface area contributed by atoms with E-state index in [-0.39, 0.29) is 5.91 Å². The van der Waals surface area contributed by atoms with Crippen molar-refractivity contribution in [2.75, 3.05) is 11.6 Å². The quantitative estimate of drug-likeness (QED) is 0.772. The molecule has 1 N–H and O–H groups in total. The lowest BCUT2D eigenvalue weighted by Crippen LogP contribution is -2.32. The molecule has 0 aliphatic heterocycles. The van der Waals surface area contributed by atoms with Crippen LogP contribution in [0.15, 0.2) is 47.4 Å². The predicted molar refractivity (Wildman–Crippen MR) is 97.5 cm³/mol. The molecular weight excluding hydrogens is 306 g/mol. The molecule has 0 bridgehead atoms. The van der Waals surface area contributed by atoms with Crippen molar-refractivity contribution in [2.45, 2.75) is 38.2 Å². The maximum absolute atomic E-state index is 12.6. The number of carbonyl (C=O) groups is 1. The summed E-state index contributed by atoms with van der Waals surface area (Å²) < 4.78 is 5.96. The number of anilines is 1. The first-order valence-corrected chi connectivity index (χ1v) is 8.95. The van der Waals surface area contributed by atoms with Gasteiger partial charge in [-0.3, -0.25) is 4.79 Å². The highest BCUT2D eigenvalue weighted by Crippen LogP contribution is 2.26. The van der Waals surface area contributed by atoms with Crippen LogP contribution in [0.5, 0.6) is 5.75 Å². The average molecular weight is 329 g/mol. The van der Waals surface area contributed by atoms with Crippen LogP contribution < -0.4 is 10.1 Å². The number of nitrogens with one attached hydrogen (secondary N) is 1. The van der Waals surface area contributed by atoms with Gasteiger partial charge >= 0.3 is 0 Å². The molecule has 0 aliphatic carbocycles. The Bertz CT molecular complexity index is 685. The molecule has 0 heterocycles. The summed E-state index contributed by atoms with van der Waals surface area (Å²) in [6, 6.07) is 13.8. The molecule has 122 valence electrons. The lowest BCUT2D eigenvalue weighted by molar-refractivity contribution is -0.122. The fourth-order valence-corrected chi connectivity index (χ4v) is 2.82. The van der Waals surface area contributed by atoms with Crippen LogP contribution in [0.1, 0.15) is 24.5 Å². The third-order valence-electron chi connectivity index (χ3n) is 3.64. The number of rotatable bonds is 6. The third kappa shape index (κ3) is 4.52. The van der Waals surface area contributed by atoms with E-state index in [1.165, 1.54) is 0 Å². The molecule has 2 rings (SSSR count).